The third-order valence-corrected chi connectivity index (χ3v) is 5.95. The molecule has 2 N–H and O–H groups in total. The van der Waals surface area contributed by atoms with Crippen LogP contribution in [0.5, 0.6) is 11.5 Å². The van der Waals surface area contributed by atoms with Gasteiger partial charge in [-0.25, -0.2) is 0 Å². The van der Waals surface area contributed by atoms with Crippen molar-refractivity contribution in [3.05, 3.63) is 90.0 Å². The summed E-state index contributed by atoms with van der Waals surface area (Å²) in [6, 6.07) is 23.5. The summed E-state index contributed by atoms with van der Waals surface area (Å²) >= 11 is 5.32. The molecule has 0 radical (unpaired) electrons. The third-order valence-electron chi connectivity index (χ3n) is 5.74. The molecule has 0 atom stereocenters. The van der Waals surface area contributed by atoms with Gasteiger partial charge in [-0.3, -0.25) is 14.9 Å². The minimum Gasteiger partial charge on any atom is -0.490 e. The lowest BCUT2D eigenvalue weighted by molar-refractivity contribution is 0.0724. The van der Waals surface area contributed by atoms with Gasteiger partial charge in [-0.15, -0.1) is 0 Å². The molecule has 0 aliphatic carbocycles. The molecule has 8 heteroatoms. The van der Waals surface area contributed by atoms with E-state index < -0.39 is 0 Å². The highest BCUT2D eigenvalue weighted by Gasteiger charge is 2.18. The number of carbonyl (C=O) groups is 2. The molecule has 0 bridgehead atoms. The monoisotopic (exact) mass is 503 g/mol. The number of benzene rings is 3. The smallest absolute Gasteiger partial charge is 0.261 e. The van der Waals surface area contributed by atoms with Crippen LogP contribution >= 0.6 is 12.2 Å². The fraction of sp³-hybridized carbons (Fsp3) is 0.250. The van der Waals surface area contributed by atoms with E-state index >= 15 is 0 Å². The standard InChI is InChI=1S/C28H29N3O4S/c32-26(24-11-5-6-12-25(24)35-20-19-34-23-9-3-1-4-10-23)30-28(36)29-22-15-13-21(14-16-22)27(33)31-17-7-2-8-18-31/h1,3-6,9-16H,2,7-8,17-20H2,(H2,29,30,32,36). The van der Waals surface area contributed by atoms with Gasteiger partial charge in [0.15, 0.2) is 5.11 Å². The number of ether oxygens (including phenoxy) is 2. The molecule has 1 aliphatic heterocycles. The molecule has 0 saturated carbocycles. The molecule has 0 spiro atoms. The van der Waals surface area contributed by atoms with Crippen molar-refractivity contribution in [2.75, 3.05) is 31.6 Å². The third kappa shape index (κ3) is 7.05. The lowest BCUT2D eigenvalue weighted by Gasteiger charge is -2.26. The molecule has 1 aliphatic rings. The zero-order valence-electron chi connectivity index (χ0n) is 19.9. The van der Waals surface area contributed by atoms with E-state index in [1.54, 1.807) is 48.5 Å². The van der Waals surface area contributed by atoms with E-state index in [-0.39, 0.29) is 23.5 Å². The second kappa shape index (κ2) is 12.7. The molecule has 7 nitrogen and oxygen atoms in total. The van der Waals surface area contributed by atoms with E-state index in [1.807, 2.05) is 35.2 Å². The maximum atomic E-state index is 12.8. The van der Waals surface area contributed by atoms with Crippen LogP contribution in [0, 0.1) is 0 Å². The van der Waals surface area contributed by atoms with Gasteiger partial charge in [0.2, 0.25) is 0 Å². The highest BCUT2D eigenvalue weighted by atomic mass is 32.1. The number of hydrogen-bond acceptors (Lipinski definition) is 5. The van der Waals surface area contributed by atoms with E-state index in [4.69, 9.17) is 21.7 Å². The number of nitrogens with zero attached hydrogens (tertiary/aromatic N) is 1. The van der Waals surface area contributed by atoms with Gasteiger partial charge in [-0.1, -0.05) is 30.3 Å². The summed E-state index contributed by atoms with van der Waals surface area (Å²) in [5.41, 5.74) is 1.68. The first-order valence-corrected chi connectivity index (χ1v) is 12.4. The molecule has 1 saturated heterocycles. The predicted octanol–water partition coefficient (Wildman–Crippen LogP) is 4.90. The van der Waals surface area contributed by atoms with Gasteiger partial charge in [-0.2, -0.15) is 0 Å². The summed E-state index contributed by atoms with van der Waals surface area (Å²) in [5, 5.41) is 5.83. The fourth-order valence-electron chi connectivity index (χ4n) is 3.92. The first-order chi connectivity index (χ1) is 17.6. The van der Waals surface area contributed by atoms with E-state index in [2.05, 4.69) is 10.6 Å². The molecule has 1 heterocycles. The summed E-state index contributed by atoms with van der Waals surface area (Å²) < 4.78 is 11.4. The summed E-state index contributed by atoms with van der Waals surface area (Å²) in [6.07, 6.45) is 3.28. The normalized spacial score (nSPS) is 12.9. The number of piperidine rings is 1. The number of thiocarbonyl (C=S) groups is 1. The summed E-state index contributed by atoms with van der Waals surface area (Å²) in [6.45, 7) is 2.24. The Morgan fingerprint density at radius 3 is 2.22 bits per heavy atom. The van der Waals surface area contributed by atoms with Crippen LogP contribution < -0.4 is 20.1 Å². The molecule has 36 heavy (non-hydrogen) atoms. The minimum absolute atomic E-state index is 0.0444. The summed E-state index contributed by atoms with van der Waals surface area (Å²) in [5.74, 6) is 0.856. The second-order valence-electron chi connectivity index (χ2n) is 8.34. The number of likely N-dealkylation sites (tertiary alicyclic amines) is 1. The Labute approximate surface area is 216 Å². The van der Waals surface area contributed by atoms with Crippen molar-refractivity contribution in [3.8, 4) is 11.5 Å². The molecule has 0 aromatic heterocycles. The van der Waals surface area contributed by atoms with Crippen LogP contribution in [0.4, 0.5) is 5.69 Å². The van der Waals surface area contributed by atoms with Crippen LogP contribution in [0.25, 0.3) is 0 Å². The minimum atomic E-state index is -0.385. The molecule has 3 aromatic carbocycles. The molecule has 2 amide bonds. The van der Waals surface area contributed by atoms with E-state index in [0.29, 0.717) is 29.2 Å². The number of hydrogen-bond donors (Lipinski definition) is 2. The van der Waals surface area contributed by atoms with Crippen LogP contribution in [0.15, 0.2) is 78.9 Å². The van der Waals surface area contributed by atoms with Crippen molar-refractivity contribution in [2.24, 2.45) is 0 Å². The lowest BCUT2D eigenvalue weighted by Crippen LogP contribution is -2.35. The first-order valence-electron chi connectivity index (χ1n) is 12.0. The van der Waals surface area contributed by atoms with Gasteiger partial charge in [0.25, 0.3) is 11.8 Å². The van der Waals surface area contributed by atoms with Gasteiger partial charge in [0, 0.05) is 24.3 Å². The average molecular weight is 504 g/mol. The zero-order valence-corrected chi connectivity index (χ0v) is 20.8. The van der Waals surface area contributed by atoms with Crippen LogP contribution in [0.3, 0.4) is 0 Å². The molecule has 3 aromatic rings. The Morgan fingerprint density at radius 1 is 0.806 bits per heavy atom. The van der Waals surface area contributed by atoms with Gasteiger partial charge < -0.3 is 19.7 Å². The molecule has 4 rings (SSSR count). The molecule has 1 fully saturated rings. The van der Waals surface area contributed by atoms with Gasteiger partial charge in [0.1, 0.15) is 24.7 Å². The van der Waals surface area contributed by atoms with Crippen LogP contribution in [0.2, 0.25) is 0 Å². The SMILES string of the molecule is O=C(NC(=S)Nc1ccc(C(=O)N2CCCCC2)cc1)c1ccccc1OCCOc1ccccc1. The van der Waals surface area contributed by atoms with Crippen LogP contribution in [-0.4, -0.2) is 48.1 Å². The fourth-order valence-corrected chi connectivity index (χ4v) is 4.13. The van der Waals surface area contributed by atoms with Crippen LogP contribution in [0.1, 0.15) is 40.0 Å². The van der Waals surface area contributed by atoms with Crippen molar-refractivity contribution in [1.82, 2.24) is 10.2 Å². The molecular formula is C28H29N3O4S. The van der Waals surface area contributed by atoms with Crippen molar-refractivity contribution < 1.29 is 19.1 Å². The van der Waals surface area contributed by atoms with E-state index in [0.717, 1.165) is 31.7 Å². The van der Waals surface area contributed by atoms with Crippen molar-refractivity contribution in [3.63, 3.8) is 0 Å². The zero-order chi connectivity index (χ0) is 25.2. The Hall–Kier alpha value is -3.91. The average Bonchev–Trinajstić information content (AvgIpc) is 2.92. The highest BCUT2D eigenvalue weighted by Crippen LogP contribution is 2.19. The molecule has 0 unspecified atom stereocenters. The highest BCUT2D eigenvalue weighted by molar-refractivity contribution is 7.80. The summed E-state index contributed by atoms with van der Waals surface area (Å²) in [4.78, 5) is 27.4. The Kier molecular flexibility index (Phi) is 8.88. The topological polar surface area (TPSA) is 79.9 Å². The molecular weight excluding hydrogens is 474 g/mol. The van der Waals surface area contributed by atoms with E-state index in [1.165, 1.54) is 6.42 Å². The second-order valence-corrected chi connectivity index (χ2v) is 8.75. The number of para-hydroxylation sites is 2. The lowest BCUT2D eigenvalue weighted by atomic mass is 10.1. The number of carbonyl (C=O) groups excluding carboxylic acids is 2. The Bertz CT molecular complexity index is 1180. The largest absolute Gasteiger partial charge is 0.490 e. The Morgan fingerprint density at radius 2 is 1.47 bits per heavy atom. The number of rotatable bonds is 8. The van der Waals surface area contributed by atoms with Gasteiger partial charge in [-0.05, 0) is 80.0 Å². The van der Waals surface area contributed by atoms with Crippen molar-refractivity contribution in [1.29, 1.82) is 0 Å². The number of amides is 2. The maximum Gasteiger partial charge on any atom is 0.261 e. The number of nitrogens with one attached hydrogen (secondary N) is 2. The van der Waals surface area contributed by atoms with E-state index in [9.17, 15) is 9.59 Å². The number of anilines is 1. The Balaban J connectivity index is 1.27. The van der Waals surface area contributed by atoms with Crippen LogP contribution in [-0.2, 0) is 0 Å². The van der Waals surface area contributed by atoms with Crippen molar-refractivity contribution >= 4 is 34.8 Å². The molecule has 186 valence electrons. The quantitative estimate of drug-likeness (QED) is 0.336. The first kappa shape index (κ1) is 25.2. The van der Waals surface area contributed by atoms with Gasteiger partial charge in [0.05, 0.1) is 5.56 Å². The van der Waals surface area contributed by atoms with Gasteiger partial charge >= 0.3 is 0 Å². The maximum absolute atomic E-state index is 12.8. The summed E-state index contributed by atoms with van der Waals surface area (Å²) in [7, 11) is 0. The van der Waals surface area contributed by atoms with Crippen molar-refractivity contribution in [2.45, 2.75) is 19.3 Å². The predicted molar refractivity (Wildman–Crippen MR) is 144 cm³/mol.